The summed E-state index contributed by atoms with van der Waals surface area (Å²) in [5, 5.41) is 0. The van der Waals surface area contributed by atoms with Crippen molar-refractivity contribution >= 4 is 44.4 Å². The molecule has 5 heteroatoms. The zero-order valence-corrected chi connectivity index (χ0v) is 34.7. The summed E-state index contributed by atoms with van der Waals surface area (Å²) in [6.07, 6.45) is 7.79. The van der Waals surface area contributed by atoms with Gasteiger partial charge in [0.15, 0.2) is 0 Å². The molecule has 0 atom stereocenters. The average molecular weight is 782 g/mol. The van der Waals surface area contributed by atoms with E-state index in [1.807, 2.05) is 0 Å². The van der Waals surface area contributed by atoms with Crippen LogP contribution in [-0.2, 0) is 58.0 Å². The average Bonchev–Trinajstić information content (AvgIpc) is 3.99. The van der Waals surface area contributed by atoms with Crippen molar-refractivity contribution < 1.29 is 19.5 Å². The molecule has 4 aromatic carbocycles. The molecule has 7 aromatic rings. The minimum absolute atomic E-state index is 0. The molecule has 4 aliphatic carbocycles. The van der Waals surface area contributed by atoms with Gasteiger partial charge < -0.3 is 9.97 Å². The molecule has 8 bridgehead atoms. The first-order chi connectivity index (χ1) is 27.7. The van der Waals surface area contributed by atoms with Gasteiger partial charge in [0, 0.05) is 11.1 Å². The van der Waals surface area contributed by atoms with Gasteiger partial charge in [0.1, 0.15) is 0 Å². The number of allylic oxidation sites excluding steroid dienone is 2. The van der Waals surface area contributed by atoms with Crippen LogP contribution >= 0.6 is 0 Å². The standard InChI is InChI=1S/C52H36N4.Zn/c1-5-13-33-29(9-1)17-21-37-41-26-46-51-35-15-7-3-11-31(35)19-23-39(51)43(55-46)28-48-52-36-16-8-4-12-32(36)20-24-40(52)44(56-48)27-47-50-34-14-6-2-10-30(34)18-22-38(50)42(54-47)25-45(53-41)49(33)37;/h1-16,25-28H,17-24H2;/q-2;+2. The Bertz CT molecular complexity index is 2940. The first-order valence-electron chi connectivity index (χ1n) is 20.2. The quantitative estimate of drug-likeness (QED) is 0.144. The zero-order valence-electron chi connectivity index (χ0n) is 31.7. The summed E-state index contributed by atoms with van der Waals surface area (Å²) in [5.74, 6) is 0. The molecule has 266 valence electrons. The number of benzene rings is 4. The number of aryl methyl sites for hydroxylation is 6. The van der Waals surface area contributed by atoms with Crippen molar-refractivity contribution in [3.63, 3.8) is 0 Å². The van der Waals surface area contributed by atoms with E-state index in [0.29, 0.717) is 0 Å². The molecule has 0 amide bonds. The Kier molecular flexibility index (Phi) is 7.32. The minimum atomic E-state index is 0. The summed E-state index contributed by atoms with van der Waals surface area (Å²) >= 11 is 0. The van der Waals surface area contributed by atoms with Gasteiger partial charge in [-0.1, -0.05) is 132 Å². The predicted octanol–water partition coefficient (Wildman–Crippen LogP) is 10.9. The summed E-state index contributed by atoms with van der Waals surface area (Å²) in [5.41, 5.74) is 29.1. The fourth-order valence-corrected chi connectivity index (χ4v) is 10.7. The van der Waals surface area contributed by atoms with Gasteiger partial charge in [-0.2, -0.15) is 0 Å². The fourth-order valence-electron chi connectivity index (χ4n) is 10.7. The second-order valence-electron chi connectivity index (χ2n) is 16.1. The number of rotatable bonds is 0. The molecule has 3 aromatic heterocycles. The van der Waals surface area contributed by atoms with E-state index >= 15 is 0 Å². The van der Waals surface area contributed by atoms with Gasteiger partial charge in [0.2, 0.25) is 0 Å². The molecule has 6 aliphatic rings. The number of hydrogen-bond donors (Lipinski definition) is 0. The van der Waals surface area contributed by atoms with Crippen LogP contribution in [0, 0.1) is 0 Å². The van der Waals surface area contributed by atoms with Crippen molar-refractivity contribution in [2.75, 3.05) is 0 Å². The Balaban J connectivity index is 0.00000356. The topological polar surface area (TPSA) is 54.0 Å². The van der Waals surface area contributed by atoms with Crippen LogP contribution in [0.15, 0.2) is 121 Å². The largest absolute Gasteiger partial charge is 2.00 e. The first-order valence-corrected chi connectivity index (χ1v) is 20.2. The van der Waals surface area contributed by atoms with Gasteiger partial charge in [-0.3, -0.25) is 0 Å². The maximum atomic E-state index is 5.56. The van der Waals surface area contributed by atoms with Gasteiger partial charge in [0.05, 0.1) is 22.8 Å². The minimum Gasteiger partial charge on any atom is -0.657 e. The maximum absolute atomic E-state index is 5.56. The second kappa shape index (κ2) is 12.6. The molecule has 0 unspecified atom stereocenters. The zero-order chi connectivity index (χ0) is 36.5. The molecule has 0 spiro atoms. The van der Waals surface area contributed by atoms with Crippen molar-refractivity contribution in [2.45, 2.75) is 51.4 Å². The molecule has 0 saturated carbocycles. The Morgan fingerprint density at radius 2 is 0.702 bits per heavy atom. The summed E-state index contributed by atoms with van der Waals surface area (Å²) in [6.45, 7) is 0. The molecule has 0 fully saturated rings. The van der Waals surface area contributed by atoms with Gasteiger partial charge >= 0.3 is 19.5 Å². The summed E-state index contributed by atoms with van der Waals surface area (Å²) in [4.78, 5) is 22.2. The van der Waals surface area contributed by atoms with Crippen LogP contribution in [0.3, 0.4) is 0 Å². The van der Waals surface area contributed by atoms with E-state index < -0.39 is 0 Å². The van der Waals surface area contributed by atoms with E-state index in [0.717, 1.165) is 96.2 Å². The maximum Gasteiger partial charge on any atom is 2.00 e. The molecule has 0 N–H and O–H groups in total. The van der Waals surface area contributed by atoms with Crippen LogP contribution in [0.2, 0.25) is 0 Å². The molecule has 2 aliphatic heterocycles. The molecule has 5 heterocycles. The SMILES string of the molecule is [Zn+2].c1ccc2c(c1)CCC1=C2c2cc3[n-]c(cc4nc(cc5[n-]c(cc1n2)c1c5CCc2ccccc2-1)C1=C4CCc2ccccc21)c1c3CCc2ccccc2-1. The van der Waals surface area contributed by atoms with Crippen LogP contribution in [0.1, 0.15) is 80.1 Å². The third-order valence-corrected chi connectivity index (χ3v) is 13.2. The van der Waals surface area contributed by atoms with E-state index in [1.165, 1.54) is 89.1 Å². The number of nitrogens with zero attached hydrogens (tertiary/aromatic N) is 4. The van der Waals surface area contributed by atoms with Crippen LogP contribution in [-0.4, -0.2) is 9.97 Å². The van der Waals surface area contributed by atoms with E-state index in [4.69, 9.17) is 19.9 Å². The summed E-state index contributed by atoms with van der Waals surface area (Å²) in [6, 6.07) is 44.8. The van der Waals surface area contributed by atoms with E-state index in [2.05, 4.69) is 121 Å². The Morgan fingerprint density at radius 1 is 0.351 bits per heavy atom. The molecule has 4 nitrogen and oxygen atoms in total. The van der Waals surface area contributed by atoms with Crippen molar-refractivity contribution in [2.24, 2.45) is 0 Å². The van der Waals surface area contributed by atoms with Gasteiger partial charge in [-0.15, -0.1) is 22.1 Å². The number of fused-ring (bicyclic) bond motifs is 26. The molecule has 13 rings (SSSR count). The first kappa shape index (κ1) is 33.3. The summed E-state index contributed by atoms with van der Waals surface area (Å²) in [7, 11) is 0. The normalized spacial score (nSPS) is 15.6. The molecule has 0 saturated heterocycles. The Hall–Kier alpha value is -5.90. The van der Waals surface area contributed by atoms with E-state index in [-0.39, 0.29) is 19.5 Å². The monoisotopic (exact) mass is 780 g/mol. The van der Waals surface area contributed by atoms with Crippen LogP contribution < -0.4 is 9.97 Å². The van der Waals surface area contributed by atoms with Crippen molar-refractivity contribution in [1.82, 2.24) is 19.9 Å². The number of hydrogen-bond acceptors (Lipinski definition) is 2. The van der Waals surface area contributed by atoms with Gasteiger partial charge in [0.25, 0.3) is 0 Å². The smallest absolute Gasteiger partial charge is 0.657 e. The second-order valence-corrected chi connectivity index (χ2v) is 16.1. The van der Waals surface area contributed by atoms with Crippen molar-refractivity contribution in [1.29, 1.82) is 0 Å². The third kappa shape index (κ3) is 4.88. The molecular formula is C52H36N4Zn. The van der Waals surface area contributed by atoms with Gasteiger partial charge in [-0.25, -0.2) is 9.97 Å². The molecule has 57 heavy (non-hydrogen) atoms. The Labute approximate surface area is 344 Å². The van der Waals surface area contributed by atoms with E-state index in [9.17, 15) is 0 Å². The van der Waals surface area contributed by atoms with Crippen molar-refractivity contribution in [3.8, 4) is 22.3 Å². The van der Waals surface area contributed by atoms with Gasteiger partial charge in [-0.05, 0) is 118 Å². The predicted molar refractivity (Wildman–Crippen MR) is 226 cm³/mol. The summed E-state index contributed by atoms with van der Waals surface area (Å²) < 4.78 is 0. The Morgan fingerprint density at radius 3 is 1.14 bits per heavy atom. The fraction of sp³-hybridized carbons (Fsp3) is 0.154. The molecule has 0 radical (unpaired) electrons. The van der Waals surface area contributed by atoms with Crippen LogP contribution in [0.4, 0.5) is 0 Å². The van der Waals surface area contributed by atoms with Crippen LogP contribution in [0.5, 0.6) is 0 Å². The van der Waals surface area contributed by atoms with Crippen LogP contribution in [0.25, 0.3) is 66.6 Å². The van der Waals surface area contributed by atoms with Crippen molar-refractivity contribution in [3.05, 3.63) is 189 Å². The molecular weight excluding hydrogens is 746 g/mol. The van der Waals surface area contributed by atoms with E-state index in [1.54, 1.807) is 0 Å². The number of aromatic nitrogens is 4. The third-order valence-electron chi connectivity index (χ3n) is 13.2.